The predicted octanol–water partition coefficient (Wildman–Crippen LogP) is 3.42. The van der Waals surface area contributed by atoms with Crippen molar-refractivity contribution < 1.29 is 19.0 Å². The number of nitrogens with one attached hydrogen (secondary N) is 1. The average molecular weight is 458 g/mol. The maximum Gasteiger partial charge on any atom is 0.231 e. The minimum atomic E-state index is 0.229. The maximum absolute atomic E-state index is 12.4. The predicted molar refractivity (Wildman–Crippen MR) is 128 cm³/mol. The summed E-state index contributed by atoms with van der Waals surface area (Å²) >= 11 is 0. The highest BCUT2D eigenvalue weighted by Crippen LogP contribution is 2.41. The Kier molecular flexibility index (Phi) is 7.57. The molecule has 3 aliphatic heterocycles. The first-order valence-corrected chi connectivity index (χ1v) is 13.0. The summed E-state index contributed by atoms with van der Waals surface area (Å²) in [4.78, 5) is 17.4. The molecule has 1 atom stereocenters. The molecule has 0 aromatic heterocycles. The summed E-state index contributed by atoms with van der Waals surface area (Å²) < 4.78 is 16.7. The van der Waals surface area contributed by atoms with Gasteiger partial charge >= 0.3 is 0 Å². The van der Waals surface area contributed by atoms with Gasteiger partial charge in [0.25, 0.3) is 0 Å². The highest BCUT2D eigenvalue weighted by molar-refractivity contribution is 5.76. The van der Waals surface area contributed by atoms with E-state index in [2.05, 4.69) is 27.2 Å². The van der Waals surface area contributed by atoms with Gasteiger partial charge < -0.3 is 24.4 Å². The zero-order valence-electron chi connectivity index (χ0n) is 19.8. The van der Waals surface area contributed by atoms with E-state index in [1.807, 2.05) is 6.07 Å². The van der Waals surface area contributed by atoms with Crippen LogP contribution in [0.2, 0.25) is 0 Å². The Morgan fingerprint density at radius 1 is 1.00 bits per heavy atom. The van der Waals surface area contributed by atoms with Crippen molar-refractivity contribution in [3.8, 4) is 11.5 Å². The van der Waals surface area contributed by atoms with Gasteiger partial charge in [-0.3, -0.25) is 9.69 Å². The van der Waals surface area contributed by atoms with Gasteiger partial charge in [-0.15, -0.1) is 0 Å². The standard InChI is InChI=1S/C26H39N3O4/c30-25(17-21-3-2-16-31-18-21)27-22-8-6-20(7-9-22)10-11-28-12-14-29(15-13-28)23-4-1-5-24-26(23)33-19-32-24/h1,4-5,20-22H,2-3,6-19H2,(H,27,30)/t20?,21-,22?/m1/s1. The first kappa shape index (κ1) is 22.8. The second-order valence-electron chi connectivity index (χ2n) is 10.2. The maximum atomic E-state index is 12.4. The molecule has 0 spiro atoms. The quantitative estimate of drug-likeness (QED) is 0.677. The average Bonchev–Trinajstić information content (AvgIpc) is 3.34. The Morgan fingerprint density at radius 2 is 1.85 bits per heavy atom. The normalized spacial score (nSPS) is 28.0. The number of hydrogen-bond acceptors (Lipinski definition) is 6. The van der Waals surface area contributed by atoms with Crippen LogP contribution in [-0.2, 0) is 9.53 Å². The van der Waals surface area contributed by atoms with Gasteiger partial charge in [-0.05, 0) is 75.5 Å². The van der Waals surface area contributed by atoms with E-state index in [1.54, 1.807) is 0 Å². The van der Waals surface area contributed by atoms with Gasteiger partial charge in [0.1, 0.15) is 0 Å². The highest BCUT2D eigenvalue weighted by Gasteiger charge is 2.27. The number of hydrogen-bond donors (Lipinski definition) is 1. The summed E-state index contributed by atoms with van der Waals surface area (Å²) in [5.41, 5.74) is 1.17. The third-order valence-electron chi connectivity index (χ3n) is 7.88. The van der Waals surface area contributed by atoms with Crippen molar-refractivity contribution in [1.29, 1.82) is 0 Å². The minimum absolute atomic E-state index is 0.229. The molecule has 182 valence electrons. The summed E-state index contributed by atoms with van der Waals surface area (Å²) in [6.45, 7) is 7.38. The first-order valence-electron chi connectivity index (χ1n) is 13.0. The van der Waals surface area contributed by atoms with Crippen LogP contribution >= 0.6 is 0 Å². The zero-order chi connectivity index (χ0) is 22.5. The number of piperazine rings is 1. The Hall–Kier alpha value is -1.99. The molecule has 7 heteroatoms. The fourth-order valence-electron chi connectivity index (χ4n) is 5.85. The third-order valence-corrected chi connectivity index (χ3v) is 7.88. The lowest BCUT2D eigenvalue weighted by molar-refractivity contribution is -0.124. The molecule has 0 radical (unpaired) electrons. The van der Waals surface area contributed by atoms with Gasteiger partial charge in [-0.25, -0.2) is 0 Å². The van der Waals surface area contributed by atoms with E-state index >= 15 is 0 Å². The number of ether oxygens (including phenoxy) is 3. The molecule has 1 aromatic carbocycles. The summed E-state index contributed by atoms with van der Waals surface area (Å²) in [5.74, 6) is 3.21. The molecule has 1 amide bonds. The molecular weight excluding hydrogens is 418 g/mol. The number of amides is 1. The molecule has 4 aliphatic rings. The zero-order valence-corrected chi connectivity index (χ0v) is 19.8. The van der Waals surface area contributed by atoms with Crippen molar-refractivity contribution in [2.24, 2.45) is 11.8 Å². The minimum Gasteiger partial charge on any atom is -0.454 e. The topological polar surface area (TPSA) is 63.3 Å². The lowest BCUT2D eigenvalue weighted by Crippen LogP contribution is -2.47. The van der Waals surface area contributed by atoms with E-state index in [1.165, 1.54) is 31.5 Å². The largest absolute Gasteiger partial charge is 0.454 e. The van der Waals surface area contributed by atoms with Gasteiger partial charge in [0.05, 0.1) is 5.69 Å². The fourth-order valence-corrected chi connectivity index (χ4v) is 5.85. The number of para-hydroxylation sites is 1. The van der Waals surface area contributed by atoms with Crippen molar-refractivity contribution in [2.75, 3.05) is 57.6 Å². The summed E-state index contributed by atoms with van der Waals surface area (Å²) in [7, 11) is 0. The Labute approximate surface area is 197 Å². The fraction of sp³-hybridized carbons (Fsp3) is 0.731. The summed E-state index contributed by atoms with van der Waals surface area (Å²) in [6.07, 6.45) is 8.88. The molecule has 1 N–H and O–H groups in total. The lowest BCUT2D eigenvalue weighted by atomic mass is 9.84. The number of nitrogens with zero attached hydrogens (tertiary/aromatic N) is 2. The molecule has 33 heavy (non-hydrogen) atoms. The van der Waals surface area contributed by atoms with Crippen LogP contribution in [-0.4, -0.2) is 69.6 Å². The van der Waals surface area contributed by atoms with Gasteiger partial charge in [0, 0.05) is 51.9 Å². The van der Waals surface area contributed by atoms with E-state index in [9.17, 15) is 4.79 Å². The van der Waals surface area contributed by atoms with Crippen LogP contribution < -0.4 is 19.7 Å². The number of anilines is 1. The molecule has 2 saturated heterocycles. The molecule has 1 saturated carbocycles. The third kappa shape index (κ3) is 5.93. The Bertz CT molecular complexity index is 782. The van der Waals surface area contributed by atoms with Crippen LogP contribution in [0.15, 0.2) is 18.2 Å². The van der Waals surface area contributed by atoms with E-state index in [-0.39, 0.29) is 5.91 Å². The highest BCUT2D eigenvalue weighted by atomic mass is 16.7. The van der Waals surface area contributed by atoms with E-state index in [4.69, 9.17) is 14.2 Å². The molecule has 0 bridgehead atoms. The van der Waals surface area contributed by atoms with Crippen molar-refractivity contribution >= 4 is 11.6 Å². The van der Waals surface area contributed by atoms with Crippen LogP contribution in [0.25, 0.3) is 0 Å². The molecular formula is C26H39N3O4. The number of fused-ring (bicyclic) bond motifs is 1. The second-order valence-corrected chi connectivity index (χ2v) is 10.2. The molecule has 5 rings (SSSR count). The van der Waals surface area contributed by atoms with Crippen molar-refractivity contribution in [2.45, 2.75) is 57.4 Å². The summed E-state index contributed by atoms with van der Waals surface area (Å²) in [5, 5.41) is 3.30. The Morgan fingerprint density at radius 3 is 2.64 bits per heavy atom. The van der Waals surface area contributed by atoms with E-state index < -0.39 is 0 Å². The number of benzene rings is 1. The van der Waals surface area contributed by atoms with Crippen LogP contribution in [0, 0.1) is 11.8 Å². The molecule has 3 fully saturated rings. The molecule has 0 unspecified atom stereocenters. The van der Waals surface area contributed by atoms with Crippen LogP contribution in [0.4, 0.5) is 5.69 Å². The summed E-state index contributed by atoms with van der Waals surface area (Å²) in [6, 6.07) is 6.55. The smallest absolute Gasteiger partial charge is 0.231 e. The van der Waals surface area contributed by atoms with Gasteiger partial charge in [0.15, 0.2) is 11.5 Å². The van der Waals surface area contributed by atoms with E-state index in [0.29, 0.717) is 25.2 Å². The molecule has 7 nitrogen and oxygen atoms in total. The van der Waals surface area contributed by atoms with E-state index in [0.717, 1.165) is 82.5 Å². The Balaban J connectivity index is 0.980. The number of rotatable bonds is 7. The number of carbonyl (C=O) groups is 1. The van der Waals surface area contributed by atoms with Crippen molar-refractivity contribution in [1.82, 2.24) is 10.2 Å². The second kappa shape index (κ2) is 11.0. The van der Waals surface area contributed by atoms with Gasteiger partial charge in [0.2, 0.25) is 12.7 Å². The van der Waals surface area contributed by atoms with Gasteiger partial charge in [-0.1, -0.05) is 6.07 Å². The van der Waals surface area contributed by atoms with Crippen LogP contribution in [0.1, 0.15) is 51.4 Å². The molecule has 3 heterocycles. The van der Waals surface area contributed by atoms with Crippen LogP contribution in [0.5, 0.6) is 11.5 Å². The monoisotopic (exact) mass is 457 g/mol. The lowest BCUT2D eigenvalue weighted by Gasteiger charge is -2.37. The SMILES string of the molecule is O=C(C[C@H]1CCCOC1)NC1CCC(CCN2CCN(c3cccc4c3OCO4)CC2)CC1. The van der Waals surface area contributed by atoms with Gasteiger partial charge in [-0.2, -0.15) is 0 Å². The molecule has 1 aliphatic carbocycles. The molecule has 1 aromatic rings. The van der Waals surface area contributed by atoms with Crippen LogP contribution in [0.3, 0.4) is 0 Å². The van der Waals surface area contributed by atoms with Crippen molar-refractivity contribution in [3.05, 3.63) is 18.2 Å². The number of carbonyl (C=O) groups excluding carboxylic acids is 1. The van der Waals surface area contributed by atoms with Crippen molar-refractivity contribution in [3.63, 3.8) is 0 Å². The first-order chi connectivity index (χ1) is 16.2.